The van der Waals surface area contributed by atoms with Gasteiger partial charge in [0.2, 0.25) is 10.0 Å². The van der Waals surface area contributed by atoms with Crippen LogP contribution in [-0.2, 0) is 23.1 Å². The summed E-state index contributed by atoms with van der Waals surface area (Å²) in [5, 5.41) is 13.8. The van der Waals surface area contributed by atoms with Gasteiger partial charge in [0.25, 0.3) is 5.65 Å². The molecule has 3 heterocycles. The number of pyridine rings is 1. The second-order valence-corrected chi connectivity index (χ2v) is 11.1. The van der Waals surface area contributed by atoms with Crippen LogP contribution in [0.4, 0.5) is 0 Å². The summed E-state index contributed by atoms with van der Waals surface area (Å²) in [5.74, 6) is 0.244. The van der Waals surface area contributed by atoms with Gasteiger partial charge in [0.1, 0.15) is 0 Å². The van der Waals surface area contributed by atoms with Gasteiger partial charge in [-0.2, -0.15) is 8.71 Å². The van der Waals surface area contributed by atoms with Gasteiger partial charge in [-0.25, -0.2) is 17.8 Å². The topological polar surface area (TPSA) is 89.0 Å². The standard InChI is InChI=1S/C23H25ClN4O4S/c24-18-6-8-19(9-7-18)33(31,32)26-13-11-25(12-14-26)16-20-22(29)27-10-2-1-3-21(27)28(23(20)30)15-17-4-5-17/h1-3,6-10,17H,4-5,11-16H2. The van der Waals surface area contributed by atoms with Gasteiger partial charge in [-0.1, -0.05) is 17.7 Å². The van der Waals surface area contributed by atoms with Crippen molar-refractivity contribution >= 4 is 27.3 Å². The fourth-order valence-electron chi connectivity index (χ4n) is 4.31. The molecule has 0 radical (unpaired) electrons. The van der Waals surface area contributed by atoms with Crippen molar-refractivity contribution in [3.05, 3.63) is 69.6 Å². The number of fused-ring (bicyclic) bond motifs is 1. The third-order valence-corrected chi connectivity index (χ3v) is 8.56. The predicted molar refractivity (Wildman–Crippen MR) is 122 cm³/mol. The first-order valence-corrected chi connectivity index (χ1v) is 12.9. The Morgan fingerprint density at radius 3 is 2.39 bits per heavy atom. The van der Waals surface area contributed by atoms with E-state index in [-0.39, 0.29) is 41.5 Å². The second-order valence-electron chi connectivity index (χ2n) is 8.71. The van der Waals surface area contributed by atoms with Crippen LogP contribution in [0.1, 0.15) is 18.4 Å². The third kappa shape index (κ3) is 4.38. The van der Waals surface area contributed by atoms with E-state index in [1.807, 2.05) is 11.0 Å². The van der Waals surface area contributed by atoms with Gasteiger partial charge in [-0.3, -0.25) is 4.90 Å². The van der Waals surface area contributed by atoms with E-state index in [0.717, 1.165) is 12.8 Å². The molecule has 174 valence electrons. The number of nitrogens with zero attached hydrogens (tertiary/aromatic N) is 4. The van der Waals surface area contributed by atoms with Gasteiger partial charge >= 0.3 is 5.56 Å². The fraction of sp³-hybridized carbons (Fsp3) is 0.391. The average molecular weight is 489 g/mol. The van der Waals surface area contributed by atoms with Crippen LogP contribution in [0.3, 0.4) is 0 Å². The molecule has 10 heteroatoms. The maximum atomic E-state index is 13.3. The van der Waals surface area contributed by atoms with E-state index in [0.29, 0.717) is 36.2 Å². The summed E-state index contributed by atoms with van der Waals surface area (Å²) in [7, 11) is -3.62. The number of rotatable bonds is 6. The van der Waals surface area contributed by atoms with E-state index in [1.54, 1.807) is 39.4 Å². The Morgan fingerprint density at radius 2 is 1.73 bits per heavy atom. The molecule has 0 N–H and O–H groups in total. The molecule has 1 saturated carbocycles. The summed E-state index contributed by atoms with van der Waals surface area (Å²) in [6.45, 7) is 2.27. The quantitative estimate of drug-likeness (QED) is 0.487. The number of hydrogen-bond donors (Lipinski definition) is 0. The summed E-state index contributed by atoms with van der Waals surface area (Å²) >= 11 is 5.88. The number of aromatic nitrogens is 2. The Hall–Kier alpha value is -2.46. The monoisotopic (exact) mass is 488 g/mol. The molecular formula is C23H25ClN4O4S. The predicted octanol–water partition coefficient (Wildman–Crippen LogP) is 1.23. The molecule has 1 saturated heterocycles. The van der Waals surface area contributed by atoms with Crippen LogP contribution in [0.5, 0.6) is 5.88 Å². The summed E-state index contributed by atoms with van der Waals surface area (Å²) in [6, 6.07) is 11.5. The molecule has 1 aliphatic carbocycles. The molecule has 2 aromatic heterocycles. The molecule has 33 heavy (non-hydrogen) atoms. The normalized spacial score (nSPS) is 18.1. The Labute approximate surface area is 197 Å². The summed E-state index contributed by atoms with van der Waals surface area (Å²) in [5.41, 5.74) is 0.536. The minimum absolute atomic E-state index is 0.203. The van der Waals surface area contributed by atoms with Crippen LogP contribution in [0.2, 0.25) is 5.02 Å². The zero-order chi connectivity index (χ0) is 23.2. The van der Waals surface area contributed by atoms with E-state index in [4.69, 9.17) is 11.6 Å². The second kappa shape index (κ2) is 8.72. The van der Waals surface area contributed by atoms with Gasteiger partial charge in [0.05, 0.1) is 29.1 Å². The molecule has 0 atom stereocenters. The molecule has 1 aromatic carbocycles. The van der Waals surface area contributed by atoms with E-state index < -0.39 is 10.0 Å². The number of halogens is 1. The SMILES string of the molecule is O=c1c(CN2CCN(S(=O)(=O)c3ccc(Cl)cc3)CC2)c([O-])[n+](CC2CC2)c2ccccn12. The van der Waals surface area contributed by atoms with Crippen molar-refractivity contribution in [1.29, 1.82) is 0 Å². The van der Waals surface area contributed by atoms with Crippen LogP contribution in [0.25, 0.3) is 5.65 Å². The molecule has 0 spiro atoms. The maximum absolute atomic E-state index is 13.3. The largest absolute Gasteiger partial charge is 0.842 e. The van der Waals surface area contributed by atoms with E-state index in [2.05, 4.69) is 0 Å². The lowest BCUT2D eigenvalue weighted by Crippen LogP contribution is -2.50. The van der Waals surface area contributed by atoms with Crippen molar-refractivity contribution in [1.82, 2.24) is 13.6 Å². The van der Waals surface area contributed by atoms with Crippen LogP contribution in [0.15, 0.2) is 58.4 Å². The first kappa shape index (κ1) is 22.3. The van der Waals surface area contributed by atoms with Crippen molar-refractivity contribution in [2.45, 2.75) is 30.8 Å². The molecule has 0 unspecified atom stereocenters. The summed E-state index contributed by atoms with van der Waals surface area (Å²) in [4.78, 5) is 15.3. The van der Waals surface area contributed by atoms with Gasteiger partial charge in [0.15, 0.2) is 0 Å². The van der Waals surface area contributed by atoms with Crippen molar-refractivity contribution in [2.75, 3.05) is 26.2 Å². The van der Waals surface area contributed by atoms with E-state index in [1.165, 1.54) is 16.4 Å². The Balaban J connectivity index is 1.36. The third-order valence-electron chi connectivity index (χ3n) is 6.40. The molecule has 1 aliphatic heterocycles. The van der Waals surface area contributed by atoms with Crippen molar-refractivity contribution in [3.8, 4) is 5.88 Å². The van der Waals surface area contributed by atoms with Gasteiger partial charge in [0, 0.05) is 43.8 Å². The highest BCUT2D eigenvalue weighted by molar-refractivity contribution is 7.89. The minimum atomic E-state index is -3.62. The highest BCUT2D eigenvalue weighted by atomic mass is 35.5. The molecular weight excluding hydrogens is 464 g/mol. The lowest BCUT2D eigenvalue weighted by atomic mass is 10.2. The van der Waals surface area contributed by atoms with Crippen molar-refractivity contribution < 1.29 is 18.1 Å². The Morgan fingerprint density at radius 1 is 1.03 bits per heavy atom. The molecule has 3 aromatic rings. The van der Waals surface area contributed by atoms with Crippen LogP contribution in [-0.4, -0.2) is 48.2 Å². The molecule has 0 amide bonds. The molecule has 8 nitrogen and oxygen atoms in total. The van der Waals surface area contributed by atoms with Gasteiger partial charge in [-0.15, -0.1) is 0 Å². The average Bonchev–Trinajstić information content (AvgIpc) is 3.64. The minimum Gasteiger partial charge on any atom is -0.842 e. The van der Waals surface area contributed by atoms with E-state index in [9.17, 15) is 18.3 Å². The smallest absolute Gasteiger partial charge is 0.346 e. The summed E-state index contributed by atoms with van der Waals surface area (Å²) < 4.78 is 30.6. The molecule has 5 rings (SSSR count). The highest BCUT2D eigenvalue weighted by Crippen LogP contribution is 2.29. The van der Waals surface area contributed by atoms with Gasteiger partial charge < -0.3 is 5.11 Å². The number of hydrogen-bond acceptors (Lipinski definition) is 5. The zero-order valence-corrected chi connectivity index (χ0v) is 19.6. The highest BCUT2D eigenvalue weighted by Gasteiger charge is 2.31. The molecule has 2 aliphatic rings. The lowest BCUT2D eigenvalue weighted by Gasteiger charge is -2.34. The van der Waals surface area contributed by atoms with Crippen LogP contribution < -0.4 is 15.2 Å². The maximum Gasteiger partial charge on any atom is 0.346 e. The number of sulfonamides is 1. The molecule has 0 bridgehead atoms. The lowest BCUT2D eigenvalue weighted by molar-refractivity contribution is -0.719. The fourth-order valence-corrected chi connectivity index (χ4v) is 5.86. The van der Waals surface area contributed by atoms with Crippen molar-refractivity contribution in [3.63, 3.8) is 0 Å². The first-order chi connectivity index (χ1) is 15.8. The Kier molecular flexibility index (Phi) is 5.90. The summed E-state index contributed by atoms with van der Waals surface area (Å²) in [6.07, 6.45) is 3.90. The zero-order valence-electron chi connectivity index (χ0n) is 18.1. The van der Waals surface area contributed by atoms with Crippen molar-refractivity contribution in [2.24, 2.45) is 5.92 Å². The van der Waals surface area contributed by atoms with Crippen LogP contribution in [0, 0.1) is 5.92 Å². The van der Waals surface area contributed by atoms with Crippen LogP contribution >= 0.6 is 11.6 Å². The number of benzene rings is 1. The molecule has 2 fully saturated rings. The van der Waals surface area contributed by atoms with Gasteiger partial charge in [-0.05, 0) is 49.1 Å². The van der Waals surface area contributed by atoms with E-state index >= 15 is 0 Å². The first-order valence-electron chi connectivity index (χ1n) is 11.1. The Bertz CT molecular complexity index is 1350. The number of piperazine rings is 1.